The number of hydrogen-bond acceptors (Lipinski definition) is 0. The molecule has 0 N–H and O–H groups in total. The quantitative estimate of drug-likeness (QED) is 0.352. The van der Waals surface area contributed by atoms with E-state index in [0.29, 0.717) is 5.92 Å². The van der Waals surface area contributed by atoms with E-state index in [2.05, 4.69) is 126 Å². The molecule has 3 aromatic rings. The van der Waals surface area contributed by atoms with E-state index in [4.69, 9.17) is 0 Å². The lowest BCUT2D eigenvalue weighted by Crippen LogP contribution is -2.21. The third kappa shape index (κ3) is 6.70. The second-order valence-electron chi connectivity index (χ2n) is 10.0. The number of aryl methyl sites for hydroxylation is 2. The molecule has 0 nitrogen and oxygen atoms in total. The van der Waals surface area contributed by atoms with Crippen molar-refractivity contribution in [3.8, 4) is 0 Å². The summed E-state index contributed by atoms with van der Waals surface area (Å²) < 4.78 is 0. The Hall–Kier alpha value is -3.12. The third-order valence-electron chi connectivity index (χ3n) is 6.81. The summed E-state index contributed by atoms with van der Waals surface area (Å²) in [6.45, 7) is 14.9. The van der Waals surface area contributed by atoms with Gasteiger partial charge in [0.25, 0.3) is 0 Å². The number of fused-ring (bicyclic) bond motifs is 1. The van der Waals surface area contributed by atoms with Gasteiger partial charge in [0.1, 0.15) is 0 Å². The molecule has 1 atom stereocenters. The van der Waals surface area contributed by atoms with Crippen LogP contribution in [0, 0.1) is 18.3 Å². The van der Waals surface area contributed by atoms with Gasteiger partial charge in [-0.2, -0.15) is 0 Å². The molecule has 0 saturated carbocycles. The fourth-order valence-electron chi connectivity index (χ4n) is 4.80. The fourth-order valence-corrected chi connectivity index (χ4v) is 4.80. The molecular formula is C34H40. The summed E-state index contributed by atoms with van der Waals surface area (Å²) >= 11 is 0. The predicted octanol–water partition coefficient (Wildman–Crippen LogP) is 9.59. The molecule has 0 saturated heterocycles. The summed E-state index contributed by atoms with van der Waals surface area (Å²) in [6.07, 6.45) is 12.4. The first-order valence-corrected chi connectivity index (χ1v) is 12.6. The largest absolute Gasteiger partial charge is 0.0984 e. The molecule has 1 unspecified atom stereocenters. The smallest absolute Gasteiger partial charge is 0.00995 e. The number of allylic oxidation sites excluding steroid dienone is 3. The van der Waals surface area contributed by atoms with Gasteiger partial charge >= 0.3 is 0 Å². The van der Waals surface area contributed by atoms with E-state index < -0.39 is 0 Å². The highest BCUT2D eigenvalue weighted by Gasteiger charge is 2.25. The van der Waals surface area contributed by atoms with Crippen molar-refractivity contribution in [3.63, 3.8) is 0 Å². The third-order valence-corrected chi connectivity index (χ3v) is 6.81. The maximum atomic E-state index is 3.84. The molecule has 3 aromatic carbocycles. The maximum Gasteiger partial charge on any atom is -0.00995 e. The Balaban J connectivity index is 0.000000204. The first-order valence-electron chi connectivity index (χ1n) is 12.6. The Morgan fingerprint density at radius 1 is 1.00 bits per heavy atom. The molecular weight excluding hydrogens is 408 g/mol. The fraction of sp³-hybridized carbons (Fsp3) is 0.294. The molecule has 0 amide bonds. The molecule has 34 heavy (non-hydrogen) atoms. The van der Waals surface area contributed by atoms with Crippen molar-refractivity contribution in [2.75, 3.05) is 0 Å². The average molecular weight is 449 g/mol. The van der Waals surface area contributed by atoms with E-state index in [0.717, 1.165) is 12.8 Å². The van der Waals surface area contributed by atoms with Gasteiger partial charge in [-0.05, 0) is 77.8 Å². The molecule has 0 aliphatic heterocycles. The zero-order valence-corrected chi connectivity index (χ0v) is 21.6. The lowest BCUT2D eigenvalue weighted by atomic mass is 9.74. The van der Waals surface area contributed by atoms with E-state index in [9.17, 15) is 0 Å². The molecule has 0 bridgehead atoms. The van der Waals surface area contributed by atoms with Crippen molar-refractivity contribution in [2.24, 2.45) is 11.3 Å². The van der Waals surface area contributed by atoms with Crippen LogP contribution in [0.1, 0.15) is 67.5 Å². The Kier molecular flexibility index (Phi) is 8.88. The summed E-state index contributed by atoms with van der Waals surface area (Å²) in [7, 11) is 0. The second-order valence-corrected chi connectivity index (χ2v) is 10.0. The Labute approximate surface area is 207 Å². The van der Waals surface area contributed by atoms with Gasteiger partial charge in [0, 0.05) is 0 Å². The molecule has 0 heteroatoms. The summed E-state index contributed by atoms with van der Waals surface area (Å²) in [5, 5.41) is 0. The van der Waals surface area contributed by atoms with Crippen LogP contribution in [-0.2, 0) is 12.8 Å². The number of hydrogen-bond donors (Lipinski definition) is 0. The maximum absolute atomic E-state index is 3.84. The van der Waals surface area contributed by atoms with Crippen LogP contribution in [0.2, 0.25) is 0 Å². The van der Waals surface area contributed by atoms with E-state index in [1.165, 1.54) is 45.4 Å². The summed E-state index contributed by atoms with van der Waals surface area (Å²) in [5.74, 6) is 0.557. The van der Waals surface area contributed by atoms with E-state index in [-0.39, 0.29) is 5.41 Å². The van der Waals surface area contributed by atoms with Gasteiger partial charge in [0.05, 0.1) is 0 Å². The average Bonchev–Trinajstić information content (AvgIpc) is 2.85. The molecule has 0 fully saturated rings. The minimum Gasteiger partial charge on any atom is -0.0984 e. The van der Waals surface area contributed by atoms with Crippen molar-refractivity contribution in [2.45, 2.75) is 53.9 Å². The summed E-state index contributed by atoms with van der Waals surface area (Å²) in [5.41, 5.74) is 9.89. The molecule has 176 valence electrons. The van der Waals surface area contributed by atoms with Crippen molar-refractivity contribution in [3.05, 3.63) is 125 Å². The van der Waals surface area contributed by atoms with Crippen LogP contribution in [-0.4, -0.2) is 0 Å². The zero-order valence-electron chi connectivity index (χ0n) is 21.6. The zero-order chi connectivity index (χ0) is 24.6. The Morgan fingerprint density at radius 3 is 2.38 bits per heavy atom. The summed E-state index contributed by atoms with van der Waals surface area (Å²) in [4.78, 5) is 0. The van der Waals surface area contributed by atoms with Crippen molar-refractivity contribution in [1.82, 2.24) is 0 Å². The van der Waals surface area contributed by atoms with Gasteiger partial charge in [-0.3, -0.25) is 0 Å². The Morgan fingerprint density at radius 2 is 1.71 bits per heavy atom. The topological polar surface area (TPSA) is 0 Å². The summed E-state index contributed by atoms with van der Waals surface area (Å²) in [6, 6.07) is 26.0. The molecule has 4 rings (SSSR count). The first kappa shape index (κ1) is 25.5. The highest BCUT2D eigenvalue weighted by atomic mass is 14.3. The van der Waals surface area contributed by atoms with Crippen molar-refractivity contribution >= 4 is 17.7 Å². The van der Waals surface area contributed by atoms with Crippen LogP contribution >= 0.6 is 0 Å². The van der Waals surface area contributed by atoms with Crippen LogP contribution in [0.15, 0.2) is 91.5 Å². The van der Waals surface area contributed by atoms with E-state index in [1.54, 1.807) is 0 Å². The van der Waals surface area contributed by atoms with Crippen molar-refractivity contribution in [1.29, 1.82) is 0 Å². The standard InChI is InChI=1S/C20H22.C14H18/c1-16-8-9-19-15-20(2,13-11-18(19)14-16)12-10-17-6-4-3-5-7-17;1-5-12-9-7-8-10-14(12)13(6-2)11(3)4/h3-9,11,13-14H,10,12,15H2,1-2H3;5-11H,1H2,2-4H3/b;13-6-. The van der Waals surface area contributed by atoms with Crippen LogP contribution < -0.4 is 0 Å². The van der Waals surface area contributed by atoms with Gasteiger partial charge in [-0.15, -0.1) is 0 Å². The van der Waals surface area contributed by atoms with Gasteiger partial charge in [-0.25, -0.2) is 0 Å². The molecule has 1 aliphatic rings. The highest BCUT2D eigenvalue weighted by molar-refractivity contribution is 5.74. The van der Waals surface area contributed by atoms with Gasteiger partial charge in [-0.1, -0.05) is 130 Å². The molecule has 0 radical (unpaired) electrons. The van der Waals surface area contributed by atoms with Crippen molar-refractivity contribution < 1.29 is 0 Å². The lowest BCUT2D eigenvalue weighted by Gasteiger charge is -2.30. The van der Waals surface area contributed by atoms with Gasteiger partial charge < -0.3 is 0 Å². The minimum absolute atomic E-state index is 0.290. The SMILES string of the molecule is C=Cc1ccccc1/C(=C\C)C(C)C.Cc1ccc2c(c1)C=CC(C)(CCc1ccccc1)C2. The molecule has 0 spiro atoms. The normalized spacial score (nSPS) is 17.1. The minimum atomic E-state index is 0.290. The first-order chi connectivity index (χ1) is 16.3. The lowest BCUT2D eigenvalue weighted by molar-refractivity contribution is 0.387. The van der Waals surface area contributed by atoms with Gasteiger partial charge in [0.15, 0.2) is 0 Å². The molecule has 1 aliphatic carbocycles. The number of benzene rings is 3. The second kappa shape index (κ2) is 11.8. The van der Waals surface area contributed by atoms with Gasteiger partial charge in [0.2, 0.25) is 0 Å². The Bertz CT molecular complexity index is 1140. The van der Waals surface area contributed by atoms with Crippen LogP contribution in [0.25, 0.3) is 17.7 Å². The monoisotopic (exact) mass is 448 g/mol. The van der Waals surface area contributed by atoms with Crippen LogP contribution in [0.5, 0.6) is 0 Å². The molecule has 0 heterocycles. The van der Waals surface area contributed by atoms with E-state index in [1.807, 2.05) is 12.1 Å². The predicted molar refractivity (Wildman–Crippen MR) is 152 cm³/mol. The van der Waals surface area contributed by atoms with Crippen LogP contribution in [0.4, 0.5) is 0 Å². The molecule has 0 aromatic heterocycles. The van der Waals surface area contributed by atoms with E-state index >= 15 is 0 Å². The van der Waals surface area contributed by atoms with Crippen LogP contribution in [0.3, 0.4) is 0 Å². The highest BCUT2D eigenvalue weighted by Crippen LogP contribution is 2.36. The number of rotatable bonds is 6.